The Balaban J connectivity index is 1.79. The molecule has 1 N–H and O–H groups in total. The van der Waals surface area contributed by atoms with Gasteiger partial charge in [-0.1, -0.05) is 19.1 Å². The van der Waals surface area contributed by atoms with Crippen LogP contribution in [0.4, 0.5) is 4.39 Å². The van der Waals surface area contributed by atoms with Crippen molar-refractivity contribution in [3.05, 3.63) is 40.4 Å². The van der Waals surface area contributed by atoms with Gasteiger partial charge >= 0.3 is 0 Å². The number of aromatic nitrogens is 3. The number of ether oxygens (including phenoxy) is 1. The standard InChI is InChI=1S/C14H18BrFN4O/c1-10(2)17-8-11-9-20(19-18-11)5-6-21-12-3-4-14(16)13(15)7-12/h3-4,7,9-10,17H,5-6,8H2,1-2H3. The van der Waals surface area contributed by atoms with Gasteiger partial charge in [-0.25, -0.2) is 9.07 Å². The summed E-state index contributed by atoms with van der Waals surface area (Å²) in [4.78, 5) is 0. The minimum atomic E-state index is -0.305. The van der Waals surface area contributed by atoms with Crippen molar-refractivity contribution < 1.29 is 9.13 Å². The number of halogens is 2. The monoisotopic (exact) mass is 356 g/mol. The topological polar surface area (TPSA) is 52.0 Å². The van der Waals surface area contributed by atoms with Gasteiger partial charge in [0, 0.05) is 18.8 Å². The van der Waals surface area contributed by atoms with E-state index in [0.717, 1.165) is 5.69 Å². The van der Waals surface area contributed by atoms with Crippen molar-refractivity contribution in [3.8, 4) is 5.75 Å². The molecule has 0 amide bonds. The zero-order valence-electron chi connectivity index (χ0n) is 12.0. The van der Waals surface area contributed by atoms with Crippen LogP contribution in [0.25, 0.3) is 0 Å². The maximum atomic E-state index is 13.1. The fourth-order valence-electron chi connectivity index (χ4n) is 1.66. The third-order valence-corrected chi connectivity index (χ3v) is 3.37. The molecule has 0 radical (unpaired) electrons. The number of rotatable bonds is 7. The van der Waals surface area contributed by atoms with Gasteiger partial charge in [-0.05, 0) is 34.1 Å². The Morgan fingerprint density at radius 2 is 2.24 bits per heavy atom. The first-order valence-electron chi connectivity index (χ1n) is 6.75. The van der Waals surface area contributed by atoms with Crippen LogP contribution in [0.1, 0.15) is 19.5 Å². The average Bonchev–Trinajstić information content (AvgIpc) is 2.88. The molecule has 1 aromatic carbocycles. The Kier molecular flexibility index (Phi) is 5.69. The van der Waals surface area contributed by atoms with E-state index in [0.29, 0.717) is 36.0 Å². The lowest BCUT2D eigenvalue weighted by atomic mass is 10.3. The van der Waals surface area contributed by atoms with Gasteiger partial charge in [0.1, 0.15) is 18.2 Å². The van der Waals surface area contributed by atoms with Gasteiger partial charge in [-0.3, -0.25) is 0 Å². The van der Waals surface area contributed by atoms with Crippen molar-refractivity contribution in [1.29, 1.82) is 0 Å². The summed E-state index contributed by atoms with van der Waals surface area (Å²) in [6.45, 7) is 5.89. The Labute approximate surface area is 131 Å². The van der Waals surface area contributed by atoms with Crippen LogP contribution in [0, 0.1) is 5.82 Å². The second-order valence-electron chi connectivity index (χ2n) is 4.93. The summed E-state index contributed by atoms with van der Waals surface area (Å²) in [5.74, 6) is 0.311. The predicted molar refractivity (Wildman–Crippen MR) is 81.6 cm³/mol. The van der Waals surface area contributed by atoms with Crippen LogP contribution < -0.4 is 10.1 Å². The molecular weight excluding hydrogens is 339 g/mol. The highest BCUT2D eigenvalue weighted by molar-refractivity contribution is 9.10. The largest absolute Gasteiger partial charge is 0.492 e. The quantitative estimate of drug-likeness (QED) is 0.828. The van der Waals surface area contributed by atoms with Crippen LogP contribution >= 0.6 is 15.9 Å². The lowest BCUT2D eigenvalue weighted by Gasteiger charge is -2.06. The summed E-state index contributed by atoms with van der Waals surface area (Å²) in [5, 5.41) is 11.4. The predicted octanol–water partition coefficient (Wildman–Crippen LogP) is 2.76. The first-order valence-corrected chi connectivity index (χ1v) is 7.54. The van der Waals surface area contributed by atoms with Crippen molar-refractivity contribution in [1.82, 2.24) is 20.3 Å². The molecular formula is C14H18BrFN4O. The smallest absolute Gasteiger partial charge is 0.137 e. The number of benzene rings is 1. The third kappa shape index (κ3) is 5.09. The van der Waals surface area contributed by atoms with E-state index in [1.165, 1.54) is 6.07 Å². The first-order chi connectivity index (χ1) is 10.0. The number of hydrogen-bond donors (Lipinski definition) is 1. The molecule has 0 atom stereocenters. The van der Waals surface area contributed by atoms with E-state index in [-0.39, 0.29) is 5.82 Å². The molecule has 1 heterocycles. The fourth-order valence-corrected chi connectivity index (χ4v) is 2.02. The normalized spacial score (nSPS) is 11.1. The SMILES string of the molecule is CC(C)NCc1cn(CCOc2ccc(F)c(Br)c2)nn1. The second-order valence-corrected chi connectivity index (χ2v) is 5.79. The molecule has 0 spiro atoms. The molecule has 0 unspecified atom stereocenters. The van der Waals surface area contributed by atoms with E-state index in [4.69, 9.17) is 4.74 Å². The summed E-state index contributed by atoms with van der Waals surface area (Å²) in [6.07, 6.45) is 1.89. The fraction of sp³-hybridized carbons (Fsp3) is 0.429. The van der Waals surface area contributed by atoms with Gasteiger partial charge < -0.3 is 10.1 Å². The maximum absolute atomic E-state index is 13.1. The van der Waals surface area contributed by atoms with Crippen molar-refractivity contribution in [3.63, 3.8) is 0 Å². The molecule has 0 bridgehead atoms. The van der Waals surface area contributed by atoms with E-state index in [9.17, 15) is 4.39 Å². The van der Waals surface area contributed by atoms with E-state index >= 15 is 0 Å². The molecule has 2 aromatic rings. The lowest BCUT2D eigenvalue weighted by molar-refractivity contribution is 0.289. The van der Waals surface area contributed by atoms with Gasteiger partial charge in [0.15, 0.2) is 0 Å². The molecule has 0 aliphatic carbocycles. The lowest BCUT2D eigenvalue weighted by Crippen LogP contribution is -2.21. The van der Waals surface area contributed by atoms with Gasteiger partial charge in [0.2, 0.25) is 0 Å². The minimum absolute atomic E-state index is 0.305. The van der Waals surface area contributed by atoms with Crippen LogP contribution in [-0.4, -0.2) is 27.6 Å². The van der Waals surface area contributed by atoms with Crippen LogP contribution in [-0.2, 0) is 13.1 Å². The van der Waals surface area contributed by atoms with Crippen LogP contribution in [0.3, 0.4) is 0 Å². The molecule has 0 aliphatic rings. The molecule has 0 saturated heterocycles. The number of nitrogens with zero attached hydrogens (tertiary/aromatic N) is 3. The number of hydrogen-bond acceptors (Lipinski definition) is 4. The first kappa shape index (κ1) is 15.9. The van der Waals surface area contributed by atoms with E-state index < -0.39 is 0 Å². The van der Waals surface area contributed by atoms with Crippen LogP contribution in [0.5, 0.6) is 5.75 Å². The third-order valence-electron chi connectivity index (χ3n) is 2.76. The van der Waals surface area contributed by atoms with Crippen LogP contribution in [0.15, 0.2) is 28.9 Å². The van der Waals surface area contributed by atoms with Gasteiger partial charge in [-0.15, -0.1) is 5.10 Å². The Bertz CT molecular complexity index is 588. The zero-order chi connectivity index (χ0) is 15.2. The molecule has 5 nitrogen and oxygen atoms in total. The van der Waals surface area contributed by atoms with E-state index in [1.807, 2.05) is 6.20 Å². The highest BCUT2D eigenvalue weighted by Crippen LogP contribution is 2.21. The Morgan fingerprint density at radius 1 is 1.43 bits per heavy atom. The summed E-state index contributed by atoms with van der Waals surface area (Å²) in [6, 6.07) is 4.98. The van der Waals surface area contributed by atoms with Crippen molar-refractivity contribution in [2.45, 2.75) is 33.0 Å². The summed E-state index contributed by atoms with van der Waals surface area (Å²) in [5.41, 5.74) is 0.897. The Morgan fingerprint density at radius 3 is 2.95 bits per heavy atom. The molecule has 0 fully saturated rings. The highest BCUT2D eigenvalue weighted by atomic mass is 79.9. The van der Waals surface area contributed by atoms with Gasteiger partial charge in [-0.2, -0.15) is 0 Å². The molecule has 0 saturated carbocycles. The second kappa shape index (κ2) is 7.51. The van der Waals surface area contributed by atoms with Gasteiger partial charge in [0.25, 0.3) is 0 Å². The molecule has 21 heavy (non-hydrogen) atoms. The highest BCUT2D eigenvalue weighted by Gasteiger charge is 2.03. The molecule has 0 aliphatic heterocycles. The van der Waals surface area contributed by atoms with Crippen molar-refractivity contribution in [2.24, 2.45) is 0 Å². The molecule has 1 aromatic heterocycles. The van der Waals surface area contributed by atoms with Crippen molar-refractivity contribution >= 4 is 15.9 Å². The summed E-state index contributed by atoms with van der Waals surface area (Å²) >= 11 is 3.13. The van der Waals surface area contributed by atoms with Gasteiger partial charge in [0.05, 0.1) is 16.7 Å². The Hall–Kier alpha value is -1.47. The zero-order valence-corrected chi connectivity index (χ0v) is 13.6. The van der Waals surface area contributed by atoms with Crippen LogP contribution in [0.2, 0.25) is 0 Å². The van der Waals surface area contributed by atoms with Crippen molar-refractivity contribution in [2.75, 3.05) is 6.61 Å². The average molecular weight is 357 g/mol. The minimum Gasteiger partial charge on any atom is -0.492 e. The number of nitrogens with one attached hydrogen (secondary N) is 1. The molecule has 114 valence electrons. The van der Waals surface area contributed by atoms with E-state index in [1.54, 1.807) is 16.8 Å². The molecule has 7 heteroatoms. The molecule has 2 rings (SSSR count). The van der Waals surface area contributed by atoms with E-state index in [2.05, 4.69) is 45.4 Å². The maximum Gasteiger partial charge on any atom is 0.137 e. The summed E-state index contributed by atoms with van der Waals surface area (Å²) < 4.78 is 20.8. The summed E-state index contributed by atoms with van der Waals surface area (Å²) in [7, 11) is 0.